The highest BCUT2D eigenvalue weighted by Gasteiger charge is 2.09. The lowest BCUT2D eigenvalue weighted by molar-refractivity contribution is 0.511. The highest BCUT2D eigenvalue weighted by atomic mass is 14.7. The molecule has 13 heavy (non-hydrogen) atoms. The van der Waals surface area contributed by atoms with Gasteiger partial charge in [-0.3, -0.25) is 0 Å². The molecule has 0 aliphatic carbocycles. The molecule has 0 saturated carbocycles. The second-order valence-electron chi connectivity index (χ2n) is 3.86. The maximum Gasteiger partial charge on any atom is 0.0362 e. The van der Waals surface area contributed by atoms with Crippen molar-refractivity contribution in [3.05, 3.63) is 29.8 Å². The van der Waals surface area contributed by atoms with Gasteiger partial charge in [-0.15, -0.1) is 0 Å². The molecule has 0 aliphatic heterocycles. The van der Waals surface area contributed by atoms with Crippen LogP contribution in [0.2, 0.25) is 0 Å². The van der Waals surface area contributed by atoms with Gasteiger partial charge in [-0.2, -0.15) is 0 Å². The van der Waals surface area contributed by atoms with Gasteiger partial charge in [0.05, 0.1) is 0 Å². The first-order chi connectivity index (χ1) is 6.11. The van der Waals surface area contributed by atoms with Crippen molar-refractivity contribution in [2.75, 3.05) is 5.73 Å². The van der Waals surface area contributed by atoms with Crippen LogP contribution in [0.25, 0.3) is 0 Å². The average molecular weight is 178 g/mol. The number of rotatable bonds is 3. The molecule has 0 heterocycles. The van der Waals surface area contributed by atoms with E-state index in [2.05, 4.69) is 13.8 Å². The van der Waals surface area contributed by atoms with Gasteiger partial charge in [-0.25, -0.2) is 0 Å². The molecule has 72 valence electrons. The maximum absolute atomic E-state index is 6.02. The Morgan fingerprint density at radius 2 is 1.85 bits per heavy atom. The topological polar surface area (TPSA) is 52.0 Å². The Kier molecular flexibility index (Phi) is 3.32. The van der Waals surface area contributed by atoms with Crippen molar-refractivity contribution in [1.29, 1.82) is 0 Å². The zero-order valence-electron chi connectivity index (χ0n) is 8.33. The predicted octanol–water partition coefficient (Wildman–Crippen LogP) is 2.31. The van der Waals surface area contributed by atoms with E-state index in [9.17, 15) is 0 Å². The van der Waals surface area contributed by atoms with E-state index in [1.54, 1.807) is 0 Å². The van der Waals surface area contributed by atoms with E-state index in [1.807, 2.05) is 24.3 Å². The molecular formula is C11H18N2. The van der Waals surface area contributed by atoms with Crippen molar-refractivity contribution in [2.24, 2.45) is 11.7 Å². The molecule has 2 heteroatoms. The number of hydrogen-bond donors (Lipinski definition) is 2. The number of anilines is 1. The van der Waals surface area contributed by atoms with Crippen LogP contribution in [0.4, 0.5) is 5.69 Å². The van der Waals surface area contributed by atoms with Crippen molar-refractivity contribution in [2.45, 2.75) is 26.3 Å². The lowest BCUT2D eigenvalue weighted by atomic mass is 9.97. The van der Waals surface area contributed by atoms with Crippen molar-refractivity contribution < 1.29 is 0 Å². The third kappa shape index (κ3) is 2.74. The molecule has 1 atom stereocenters. The quantitative estimate of drug-likeness (QED) is 0.698. The molecule has 0 bridgehead atoms. The summed E-state index contributed by atoms with van der Waals surface area (Å²) >= 11 is 0. The minimum absolute atomic E-state index is 0.0706. The molecule has 0 unspecified atom stereocenters. The van der Waals surface area contributed by atoms with Gasteiger partial charge in [-0.05, 0) is 24.0 Å². The van der Waals surface area contributed by atoms with Crippen molar-refractivity contribution in [3.63, 3.8) is 0 Å². The summed E-state index contributed by atoms with van der Waals surface area (Å²) in [4.78, 5) is 0. The second kappa shape index (κ2) is 4.28. The van der Waals surface area contributed by atoms with Crippen LogP contribution in [0.1, 0.15) is 31.9 Å². The lowest BCUT2D eigenvalue weighted by Gasteiger charge is -2.16. The van der Waals surface area contributed by atoms with Crippen LogP contribution in [-0.2, 0) is 0 Å². The van der Waals surface area contributed by atoms with Gasteiger partial charge in [0.1, 0.15) is 0 Å². The lowest BCUT2D eigenvalue weighted by Crippen LogP contribution is -2.14. The van der Waals surface area contributed by atoms with E-state index in [0.29, 0.717) is 5.92 Å². The zero-order valence-corrected chi connectivity index (χ0v) is 8.33. The van der Waals surface area contributed by atoms with Crippen LogP contribution in [-0.4, -0.2) is 0 Å². The molecule has 1 rings (SSSR count). The van der Waals surface area contributed by atoms with E-state index in [-0.39, 0.29) is 6.04 Å². The third-order valence-electron chi connectivity index (χ3n) is 2.12. The number of nitrogen functional groups attached to an aromatic ring is 1. The van der Waals surface area contributed by atoms with Crippen LogP contribution >= 0.6 is 0 Å². The summed E-state index contributed by atoms with van der Waals surface area (Å²) in [6.07, 6.45) is 0.980. The molecule has 0 fully saturated rings. The van der Waals surface area contributed by atoms with Gasteiger partial charge in [0, 0.05) is 11.7 Å². The first kappa shape index (κ1) is 10.1. The summed E-state index contributed by atoms with van der Waals surface area (Å²) in [5.74, 6) is 0.606. The first-order valence-corrected chi connectivity index (χ1v) is 4.71. The highest BCUT2D eigenvalue weighted by Crippen LogP contribution is 2.23. The van der Waals surface area contributed by atoms with Crippen LogP contribution in [0, 0.1) is 5.92 Å². The largest absolute Gasteiger partial charge is 0.398 e. The monoisotopic (exact) mass is 178 g/mol. The standard InChI is InChI=1S/C11H18N2/c1-8(2)7-11(13)9-5-3-4-6-10(9)12/h3-6,8,11H,7,12-13H2,1-2H3/t11-/m0/s1. The Bertz CT molecular complexity index is 269. The summed E-state index contributed by atoms with van der Waals surface area (Å²) in [7, 11) is 0. The van der Waals surface area contributed by atoms with Gasteiger partial charge >= 0.3 is 0 Å². The number of para-hydroxylation sites is 1. The van der Waals surface area contributed by atoms with Crippen LogP contribution in [0.3, 0.4) is 0 Å². The van der Waals surface area contributed by atoms with Gasteiger partial charge in [0.25, 0.3) is 0 Å². The minimum atomic E-state index is 0.0706. The SMILES string of the molecule is CC(C)C[C@H](N)c1ccccc1N. The number of benzene rings is 1. The highest BCUT2D eigenvalue weighted by molar-refractivity contribution is 5.47. The van der Waals surface area contributed by atoms with E-state index in [0.717, 1.165) is 17.7 Å². The smallest absolute Gasteiger partial charge is 0.0362 e. The Labute approximate surface area is 79.9 Å². The van der Waals surface area contributed by atoms with Crippen LogP contribution < -0.4 is 11.5 Å². The predicted molar refractivity (Wildman–Crippen MR) is 57.2 cm³/mol. The Morgan fingerprint density at radius 3 is 2.38 bits per heavy atom. The van der Waals surface area contributed by atoms with Crippen LogP contribution in [0.5, 0.6) is 0 Å². The molecule has 0 amide bonds. The van der Waals surface area contributed by atoms with E-state index < -0.39 is 0 Å². The normalized spacial score (nSPS) is 13.2. The average Bonchev–Trinajstić information content (AvgIpc) is 2.03. The summed E-state index contributed by atoms with van der Waals surface area (Å²) < 4.78 is 0. The summed E-state index contributed by atoms with van der Waals surface area (Å²) in [5.41, 5.74) is 13.7. The first-order valence-electron chi connectivity index (χ1n) is 4.71. The fourth-order valence-corrected chi connectivity index (χ4v) is 1.48. The molecule has 1 aromatic rings. The summed E-state index contributed by atoms with van der Waals surface area (Å²) in [6, 6.07) is 7.88. The molecule has 0 saturated heterocycles. The van der Waals surface area contributed by atoms with Gasteiger partial charge < -0.3 is 11.5 Å². The molecule has 0 aliphatic rings. The maximum atomic E-state index is 6.02. The van der Waals surface area contributed by atoms with Crippen molar-refractivity contribution in [1.82, 2.24) is 0 Å². The van der Waals surface area contributed by atoms with E-state index in [1.165, 1.54) is 0 Å². The van der Waals surface area contributed by atoms with Crippen molar-refractivity contribution >= 4 is 5.69 Å². The number of nitrogens with two attached hydrogens (primary N) is 2. The minimum Gasteiger partial charge on any atom is -0.398 e. The fraction of sp³-hybridized carbons (Fsp3) is 0.455. The third-order valence-corrected chi connectivity index (χ3v) is 2.12. The molecule has 0 aromatic heterocycles. The summed E-state index contributed by atoms with van der Waals surface area (Å²) in [6.45, 7) is 4.33. The van der Waals surface area contributed by atoms with E-state index >= 15 is 0 Å². The van der Waals surface area contributed by atoms with Crippen molar-refractivity contribution in [3.8, 4) is 0 Å². The summed E-state index contributed by atoms with van der Waals surface area (Å²) in [5, 5.41) is 0. The number of hydrogen-bond acceptors (Lipinski definition) is 2. The van der Waals surface area contributed by atoms with Crippen LogP contribution in [0.15, 0.2) is 24.3 Å². The fourth-order valence-electron chi connectivity index (χ4n) is 1.48. The Morgan fingerprint density at radius 1 is 1.23 bits per heavy atom. The molecular weight excluding hydrogens is 160 g/mol. The molecule has 2 nitrogen and oxygen atoms in total. The van der Waals surface area contributed by atoms with Gasteiger partial charge in [0.2, 0.25) is 0 Å². The van der Waals surface area contributed by atoms with Gasteiger partial charge in [0.15, 0.2) is 0 Å². The van der Waals surface area contributed by atoms with E-state index in [4.69, 9.17) is 11.5 Å². The van der Waals surface area contributed by atoms with Gasteiger partial charge in [-0.1, -0.05) is 32.0 Å². The molecule has 1 aromatic carbocycles. The Hall–Kier alpha value is -1.02. The molecule has 0 spiro atoms. The molecule has 4 N–H and O–H groups in total. The Balaban J connectivity index is 2.76. The second-order valence-corrected chi connectivity index (χ2v) is 3.86. The zero-order chi connectivity index (χ0) is 9.84. The molecule has 0 radical (unpaired) electrons.